The molecule has 0 saturated heterocycles. The van der Waals surface area contributed by atoms with Crippen LogP contribution in [0.3, 0.4) is 0 Å². The van der Waals surface area contributed by atoms with Crippen molar-refractivity contribution >= 4 is 30.1 Å². The fourth-order valence-corrected chi connectivity index (χ4v) is 2.45. The highest BCUT2D eigenvalue weighted by Gasteiger charge is 2.17. The van der Waals surface area contributed by atoms with E-state index < -0.39 is 29.6 Å². The molecule has 0 atom stereocenters. The van der Waals surface area contributed by atoms with Gasteiger partial charge in [0.2, 0.25) is 0 Å². The molecule has 182 valence electrons. The standard InChI is InChI=1S/C23H32N2O8/c1-23(2,3)33-22(30)25-14-6-8-20(28)31-17-11-9-16(10-12-19(26)27)15-18(17)32-21(29)7-5-13-24-4/h9-12,15,24H,5-8,13-14H2,1-4H3,(H,25,30)(H,26,27)/b12-10+. The molecule has 0 aliphatic rings. The molecule has 1 rings (SSSR count). The van der Waals surface area contributed by atoms with E-state index in [2.05, 4.69) is 10.6 Å². The van der Waals surface area contributed by atoms with Crippen LogP contribution in [0.5, 0.6) is 11.5 Å². The van der Waals surface area contributed by atoms with Gasteiger partial charge in [0.1, 0.15) is 5.60 Å². The van der Waals surface area contributed by atoms with Crippen molar-refractivity contribution in [2.45, 2.75) is 52.1 Å². The van der Waals surface area contributed by atoms with Gasteiger partial charge in [-0.3, -0.25) is 9.59 Å². The molecule has 0 unspecified atom stereocenters. The Kier molecular flexibility index (Phi) is 11.6. The number of rotatable bonds is 12. The number of carbonyl (C=O) groups is 4. The van der Waals surface area contributed by atoms with Crippen molar-refractivity contribution in [2.75, 3.05) is 20.1 Å². The third-order valence-electron chi connectivity index (χ3n) is 3.87. The molecule has 0 aliphatic carbocycles. The molecule has 0 heterocycles. The predicted molar refractivity (Wildman–Crippen MR) is 121 cm³/mol. The van der Waals surface area contributed by atoms with Crippen molar-refractivity contribution in [1.29, 1.82) is 0 Å². The molecule has 0 aliphatic heterocycles. The van der Waals surface area contributed by atoms with Crippen molar-refractivity contribution in [2.24, 2.45) is 0 Å². The second kappa shape index (κ2) is 13.9. The molecule has 0 aromatic heterocycles. The summed E-state index contributed by atoms with van der Waals surface area (Å²) in [6.45, 7) is 6.10. The predicted octanol–water partition coefficient (Wildman–Crippen LogP) is 2.90. The van der Waals surface area contributed by atoms with Crippen LogP contribution in [-0.2, 0) is 19.1 Å². The van der Waals surface area contributed by atoms with Crippen LogP contribution in [0, 0.1) is 0 Å². The van der Waals surface area contributed by atoms with Crippen LogP contribution < -0.4 is 20.1 Å². The van der Waals surface area contributed by atoms with Gasteiger partial charge in [-0.25, -0.2) is 9.59 Å². The molecule has 1 aromatic carbocycles. The highest BCUT2D eigenvalue weighted by atomic mass is 16.6. The van der Waals surface area contributed by atoms with Crippen molar-refractivity contribution in [3.05, 3.63) is 29.8 Å². The molecule has 0 fully saturated rings. The molecular formula is C23H32N2O8. The molecule has 0 spiro atoms. The highest BCUT2D eigenvalue weighted by Crippen LogP contribution is 2.30. The van der Waals surface area contributed by atoms with E-state index in [1.807, 2.05) is 0 Å². The summed E-state index contributed by atoms with van der Waals surface area (Å²) in [6.07, 6.45) is 2.73. The van der Waals surface area contributed by atoms with E-state index >= 15 is 0 Å². The largest absolute Gasteiger partial charge is 0.478 e. The van der Waals surface area contributed by atoms with Crippen LogP contribution in [0.15, 0.2) is 24.3 Å². The van der Waals surface area contributed by atoms with Gasteiger partial charge in [-0.15, -0.1) is 0 Å². The number of benzene rings is 1. The minimum atomic E-state index is -1.13. The van der Waals surface area contributed by atoms with Crippen LogP contribution >= 0.6 is 0 Å². The van der Waals surface area contributed by atoms with E-state index in [1.54, 1.807) is 27.8 Å². The van der Waals surface area contributed by atoms with Crippen LogP contribution in [0.25, 0.3) is 6.08 Å². The third kappa shape index (κ3) is 12.9. The Morgan fingerprint density at radius 2 is 1.58 bits per heavy atom. The quantitative estimate of drug-likeness (QED) is 0.184. The number of alkyl carbamates (subject to hydrolysis) is 1. The van der Waals surface area contributed by atoms with Gasteiger partial charge in [-0.1, -0.05) is 6.07 Å². The molecule has 10 nitrogen and oxygen atoms in total. The number of hydrogen-bond acceptors (Lipinski definition) is 8. The van der Waals surface area contributed by atoms with Gasteiger partial charge in [0.15, 0.2) is 11.5 Å². The third-order valence-corrected chi connectivity index (χ3v) is 3.87. The number of aliphatic carboxylic acids is 1. The summed E-state index contributed by atoms with van der Waals surface area (Å²) in [5.74, 6) is -2.17. The fourth-order valence-electron chi connectivity index (χ4n) is 2.45. The lowest BCUT2D eigenvalue weighted by atomic mass is 10.2. The van der Waals surface area contributed by atoms with Gasteiger partial charge < -0.3 is 30.0 Å². The Hall–Kier alpha value is -3.40. The lowest BCUT2D eigenvalue weighted by Gasteiger charge is -2.19. The second-order valence-electron chi connectivity index (χ2n) is 8.07. The maximum absolute atomic E-state index is 12.2. The van der Waals surface area contributed by atoms with E-state index in [9.17, 15) is 19.2 Å². The van der Waals surface area contributed by atoms with Gasteiger partial charge in [0, 0.05) is 25.5 Å². The average Bonchev–Trinajstić information content (AvgIpc) is 2.70. The Balaban J connectivity index is 2.73. The molecule has 0 saturated carbocycles. The Morgan fingerprint density at radius 3 is 2.15 bits per heavy atom. The zero-order valence-electron chi connectivity index (χ0n) is 19.4. The molecule has 0 bridgehead atoms. The van der Waals surface area contributed by atoms with E-state index in [0.29, 0.717) is 24.9 Å². The lowest BCUT2D eigenvalue weighted by molar-refractivity contribution is -0.137. The van der Waals surface area contributed by atoms with Gasteiger partial charge in [0.25, 0.3) is 0 Å². The van der Waals surface area contributed by atoms with E-state index in [-0.39, 0.29) is 30.9 Å². The first-order valence-electron chi connectivity index (χ1n) is 10.6. The van der Waals surface area contributed by atoms with Crippen molar-refractivity contribution in [3.8, 4) is 11.5 Å². The van der Waals surface area contributed by atoms with Gasteiger partial charge in [-0.2, -0.15) is 0 Å². The zero-order valence-corrected chi connectivity index (χ0v) is 19.4. The number of carboxylic acid groups (broad SMARTS) is 1. The Bertz CT molecular complexity index is 859. The highest BCUT2D eigenvalue weighted by molar-refractivity contribution is 5.85. The Morgan fingerprint density at radius 1 is 0.970 bits per heavy atom. The second-order valence-corrected chi connectivity index (χ2v) is 8.07. The number of ether oxygens (including phenoxy) is 3. The summed E-state index contributed by atoms with van der Waals surface area (Å²) in [7, 11) is 1.77. The topological polar surface area (TPSA) is 140 Å². The maximum Gasteiger partial charge on any atom is 0.407 e. The fraction of sp³-hybridized carbons (Fsp3) is 0.478. The van der Waals surface area contributed by atoms with Crippen molar-refractivity contribution in [3.63, 3.8) is 0 Å². The summed E-state index contributed by atoms with van der Waals surface area (Å²) in [5, 5.41) is 14.3. The summed E-state index contributed by atoms with van der Waals surface area (Å²) in [5.41, 5.74) is -0.160. The van der Waals surface area contributed by atoms with Gasteiger partial charge in [0.05, 0.1) is 0 Å². The number of hydrogen-bond donors (Lipinski definition) is 3. The smallest absolute Gasteiger partial charge is 0.407 e. The SMILES string of the molecule is CNCCCC(=O)Oc1cc(/C=C/C(=O)O)ccc1OC(=O)CCCNC(=O)OC(C)(C)C. The first-order valence-corrected chi connectivity index (χ1v) is 10.6. The van der Waals surface area contributed by atoms with Gasteiger partial charge >= 0.3 is 24.0 Å². The molecule has 33 heavy (non-hydrogen) atoms. The molecule has 3 N–H and O–H groups in total. The number of nitrogens with one attached hydrogen (secondary N) is 2. The van der Waals surface area contributed by atoms with Crippen LogP contribution in [0.4, 0.5) is 4.79 Å². The molecule has 10 heteroatoms. The van der Waals surface area contributed by atoms with E-state index in [1.165, 1.54) is 24.3 Å². The molecule has 0 radical (unpaired) electrons. The molecule has 1 amide bonds. The van der Waals surface area contributed by atoms with Crippen LogP contribution in [0.1, 0.15) is 52.0 Å². The number of carboxylic acids is 1. The van der Waals surface area contributed by atoms with Crippen LogP contribution in [-0.4, -0.2) is 54.8 Å². The summed E-state index contributed by atoms with van der Waals surface area (Å²) in [6, 6.07) is 4.38. The monoisotopic (exact) mass is 464 g/mol. The summed E-state index contributed by atoms with van der Waals surface area (Å²) >= 11 is 0. The number of esters is 2. The maximum atomic E-state index is 12.2. The summed E-state index contributed by atoms with van der Waals surface area (Å²) in [4.78, 5) is 46.7. The number of carbonyl (C=O) groups excluding carboxylic acids is 3. The molecule has 1 aromatic rings. The van der Waals surface area contributed by atoms with E-state index in [4.69, 9.17) is 19.3 Å². The number of amides is 1. The minimum Gasteiger partial charge on any atom is -0.478 e. The normalized spacial score (nSPS) is 11.2. The van der Waals surface area contributed by atoms with Crippen molar-refractivity contribution in [1.82, 2.24) is 10.6 Å². The lowest BCUT2D eigenvalue weighted by Crippen LogP contribution is -2.33. The minimum absolute atomic E-state index is 0.00597. The first-order chi connectivity index (χ1) is 15.5. The Labute approximate surface area is 193 Å². The first kappa shape index (κ1) is 27.6. The zero-order chi connectivity index (χ0) is 24.9. The summed E-state index contributed by atoms with van der Waals surface area (Å²) < 4.78 is 15.8. The van der Waals surface area contributed by atoms with E-state index in [0.717, 1.165) is 6.08 Å². The average molecular weight is 465 g/mol. The van der Waals surface area contributed by atoms with Gasteiger partial charge in [-0.05, 0) is 71.0 Å². The van der Waals surface area contributed by atoms with Crippen molar-refractivity contribution < 1.29 is 38.5 Å². The molecular weight excluding hydrogens is 432 g/mol. The van der Waals surface area contributed by atoms with Crippen LogP contribution in [0.2, 0.25) is 0 Å².